The van der Waals surface area contributed by atoms with Crippen molar-refractivity contribution >= 4 is 0 Å². The Balaban J connectivity index is 1.82. The molecule has 1 unspecified atom stereocenters. The summed E-state index contributed by atoms with van der Waals surface area (Å²) in [6.07, 6.45) is 6.78. The van der Waals surface area contributed by atoms with Crippen LogP contribution in [0.1, 0.15) is 46.0 Å². The van der Waals surface area contributed by atoms with Crippen LogP contribution < -0.4 is 5.32 Å². The molecule has 1 heterocycles. The van der Waals surface area contributed by atoms with Crippen molar-refractivity contribution in [3.63, 3.8) is 0 Å². The average molecular weight is 267 g/mol. The maximum absolute atomic E-state index is 3.76. The molecule has 1 atom stereocenters. The summed E-state index contributed by atoms with van der Waals surface area (Å²) in [4.78, 5) is 5.17. The van der Waals surface area contributed by atoms with Crippen molar-refractivity contribution in [3.8, 4) is 0 Å². The van der Waals surface area contributed by atoms with Gasteiger partial charge in [-0.15, -0.1) is 0 Å². The van der Waals surface area contributed by atoms with Gasteiger partial charge in [-0.05, 0) is 51.2 Å². The van der Waals surface area contributed by atoms with Crippen molar-refractivity contribution < 1.29 is 0 Å². The molecule has 19 heavy (non-hydrogen) atoms. The molecule has 1 aliphatic heterocycles. The van der Waals surface area contributed by atoms with E-state index in [4.69, 9.17) is 0 Å². The smallest absolute Gasteiger partial charge is 0.0109 e. The summed E-state index contributed by atoms with van der Waals surface area (Å²) in [5.41, 5.74) is 0.459. The van der Waals surface area contributed by atoms with E-state index in [0.29, 0.717) is 5.41 Å². The number of rotatable bonds is 7. The Hall–Kier alpha value is -0.120. The molecule has 1 saturated carbocycles. The summed E-state index contributed by atoms with van der Waals surface area (Å²) in [5.74, 6) is 0. The molecule has 0 aromatic carbocycles. The summed E-state index contributed by atoms with van der Waals surface area (Å²) in [6.45, 7) is 12.3. The third-order valence-electron chi connectivity index (χ3n) is 4.67. The van der Waals surface area contributed by atoms with E-state index in [1.165, 1.54) is 71.4 Å². The maximum atomic E-state index is 3.76. The molecular formula is C16H33N3. The third kappa shape index (κ3) is 5.41. The number of nitrogens with one attached hydrogen (secondary N) is 1. The lowest BCUT2D eigenvalue weighted by Crippen LogP contribution is -2.44. The topological polar surface area (TPSA) is 18.5 Å². The van der Waals surface area contributed by atoms with Crippen LogP contribution in [0.25, 0.3) is 0 Å². The van der Waals surface area contributed by atoms with Crippen molar-refractivity contribution in [3.05, 3.63) is 0 Å². The molecule has 1 N–H and O–H groups in total. The average Bonchev–Trinajstić information content (AvgIpc) is 3.17. The molecule has 1 aliphatic carbocycles. The number of likely N-dealkylation sites (N-methyl/N-ethyl adjacent to an activating group) is 1. The predicted molar refractivity (Wildman–Crippen MR) is 82.6 cm³/mol. The minimum absolute atomic E-state index is 0.459. The fraction of sp³-hybridized carbons (Fsp3) is 1.00. The largest absolute Gasteiger partial charge is 0.313 e. The zero-order valence-corrected chi connectivity index (χ0v) is 13.2. The van der Waals surface area contributed by atoms with Gasteiger partial charge in [0.2, 0.25) is 0 Å². The van der Waals surface area contributed by atoms with E-state index < -0.39 is 0 Å². The van der Waals surface area contributed by atoms with E-state index in [1.54, 1.807) is 0 Å². The van der Waals surface area contributed by atoms with Crippen LogP contribution in [0.2, 0.25) is 0 Å². The summed E-state index contributed by atoms with van der Waals surface area (Å²) in [5, 5.41) is 3.76. The van der Waals surface area contributed by atoms with E-state index in [1.807, 2.05) is 0 Å². The van der Waals surface area contributed by atoms with Gasteiger partial charge in [-0.1, -0.05) is 20.3 Å². The van der Waals surface area contributed by atoms with E-state index in [-0.39, 0.29) is 0 Å². The molecule has 0 bridgehead atoms. The molecule has 0 aromatic rings. The normalized spacial score (nSPS) is 26.1. The second-order valence-electron chi connectivity index (χ2n) is 7.15. The van der Waals surface area contributed by atoms with Crippen molar-refractivity contribution in [2.24, 2.45) is 5.41 Å². The standard InChI is InChI=1S/C16H33N3/c1-4-8-16(2,13-17-15-6-7-15)14-19-10-5-9-18(3)11-12-19/h15,17H,4-14H2,1-3H3. The molecule has 0 spiro atoms. The monoisotopic (exact) mass is 267 g/mol. The molecule has 112 valence electrons. The van der Waals surface area contributed by atoms with Crippen LogP contribution in [0, 0.1) is 5.41 Å². The highest BCUT2D eigenvalue weighted by molar-refractivity contribution is 4.87. The number of hydrogen-bond acceptors (Lipinski definition) is 3. The van der Waals surface area contributed by atoms with E-state index in [0.717, 1.165) is 6.04 Å². The van der Waals surface area contributed by atoms with Gasteiger partial charge in [0.1, 0.15) is 0 Å². The highest BCUT2D eigenvalue weighted by atomic mass is 15.2. The van der Waals surface area contributed by atoms with Crippen LogP contribution in [0.4, 0.5) is 0 Å². The molecular weight excluding hydrogens is 234 g/mol. The van der Waals surface area contributed by atoms with Crippen LogP contribution in [0.15, 0.2) is 0 Å². The predicted octanol–water partition coefficient (Wildman–Crippen LogP) is 2.18. The van der Waals surface area contributed by atoms with Crippen molar-refractivity contribution in [1.82, 2.24) is 15.1 Å². The fourth-order valence-electron chi connectivity index (χ4n) is 3.30. The summed E-state index contributed by atoms with van der Waals surface area (Å²) in [7, 11) is 2.25. The lowest BCUT2D eigenvalue weighted by Gasteiger charge is -2.35. The van der Waals surface area contributed by atoms with Gasteiger partial charge < -0.3 is 15.1 Å². The zero-order valence-electron chi connectivity index (χ0n) is 13.2. The van der Waals surface area contributed by atoms with Gasteiger partial charge >= 0.3 is 0 Å². The lowest BCUT2D eigenvalue weighted by atomic mass is 9.84. The van der Waals surface area contributed by atoms with Gasteiger partial charge in [0.15, 0.2) is 0 Å². The van der Waals surface area contributed by atoms with Crippen molar-refractivity contribution in [1.29, 1.82) is 0 Å². The van der Waals surface area contributed by atoms with E-state index in [9.17, 15) is 0 Å². The van der Waals surface area contributed by atoms with Crippen LogP contribution in [-0.4, -0.2) is 62.2 Å². The van der Waals surface area contributed by atoms with Crippen molar-refractivity contribution in [2.75, 3.05) is 46.3 Å². The zero-order chi connectivity index (χ0) is 13.7. The Kier molecular flexibility index (Phi) is 5.67. The third-order valence-corrected chi connectivity index (χ3v) is 4.67. The van der Waals surface area contributed by atoms with Crippen molar-refractivity contribution in [2.45, 2.75) is 52.0 Å². The first kappa shape index (κ1) is 15.3. The van der Waals surface area contributed by atoms with Crippen LogP contribution in [0.3, 0.4) is 0 Å². The highest BCUT2D eigenvalue weighted by Crippen LogP contribution is 2.27. The molecule has 0 radical (unpaired) electrons. The molecule has 2 rings (SSSR count). The Bertz CT molecular complexity index is 265. The van der Waals surface area contributed by atoms with E-state index in [2.05, 4.69) is 36.0 Å². The second kappa shape index (κ2) is 7.05. The Morgan fingerprint density at radius 1 is 1.16 bits per heavy atom. The van der Waals surface area contributed by atoms with Crippen LogP contribution in [0.5, 0.6) is 0 Å². The summed E-state index contributed by atoms with van der Waals surface area (Å²) >= 11 is 0. The SMILES string of the molecule is CCCC(C)(CNC1CC1)CN1CCCN(C)CC1. The number of nitrogens with zero attached hydrogens (tertiary/aromatic N) is 2. The summed E-state index contributed by atoms with van der Waals surface area (Å²) < 4.78 is 0. The first-order valence-electron chi connectivity index (χ1n) is 8.25. The minimum Gasteiger partial charge on any atom is -0.313 e. The van der Waals surface area contributed by atoms with Crippen LogP contribution in [-0.2, 0) is 0 Å². The number of hydrogen-bond donors (Lipinski definition) is 1. The Morgan fingerprint density at radius 3 is 2.63 bits per heavy atom. The maximum Gasteiger partial charge on any atom is 0.0109 e. The minimum atomic E-state index is 0.459. The molecule has 3 heteroatoms. The Morgan fingerprint density at radius 2 is 1.95 bits per heavy atom. The summed E-state index contributed by atoms with van der Waals surface area (Å²) in [6, 6.07) is 0.839. The van der Waals surface area contributed by atoms with Gasteiger partial charge in [-0.2, -0.15) is 0 Å². The van der Waals surface area contributed by atoms with Gasteiger partial charge in [0.05, 0.1) is 0 Å². The van der Waals surface area contributed by atoms with Gasteiger partial charge in [0.25, 0.3) is 0 Å². The molecule has 3 nitrogen and oxygen atoms in total. The van der Waals surface area contributed by atoms with E-state index >= 15 is 0 Å². The fourth-order valence-corrected chi connectivity index (χ4v) is 3.30. The highest BCUT2D eigenvalue weighted by Gasteiger charge is 2.30. The quantitative estimate of drug-likeness (QED) is 0.763. The molecule has 0 amide bonds. The van der Waals surface area contributed by atoms with Gasteiger partial charge in [-0.25, -0.2) is 0 Å². The molecule has 0 aromatic heterocycles. The van der Waals surface area contributed by atoms with Crippen LogP contribution >= 0.6 is 0 Å². The van der Waals surface area contributed by atoms with Gasteiger partial charge in [-0.3, -0.25) is 0 Å². The van der Waals surface area contributed by atoms with Gasteiger partial charge in [0, 0.05) is 32.2 Å². The first-order chi connectivity index (χ1) is 9.11. The lowest BCUT2D eigenvalue weighted by molar-refractivity contribution is 0.152. The molecule has 2 fully saturated rings. The first-order valence-corrected chi connectivity index (χ1v) is 8.25. The molecule has 1 saturated heterocycles. The Labute approximate surface area is 119 Å². The second-order valence-corrected chi connectivity index (χ2v) is 7.15. The molecule has 2 aliphatic rings.